The molecule has 24 heavy (non-hydrogen) atoms. The van der Waals surface area contributed by atoms with Gasteiger partial charge in [0.2, 0.25) is 0 Å². The third-order valence-corrected chi connectivity index (χ3v) is 5.65. The molecule has 4 rings (SSSR count). The normalized spacial score (nSPS) is 15.1. The lowest BCUT2D eigenvalue weighted by Gasteiger charge is -2.03. The Hall–Kier alpha value is -2.15. The summed E-state index contributed by atoms with van der Waals surface area (Å²) >= 11 is 12.0. The van der Waals surface area contributed by atoms with Crippen LogP contribution in [0.15, 0.2) is 63.7 Å². The lowest BCUT2D eigenvalue weighted by Crippen LogP contribution is -2.05. The molecule has 0 radical (unpaired) electrons. The zero-order valence-electron chi connectivity index (χ0n) is 12.0. The van der Waals surface area contributed by atoms with Crippen LogP contribution in [-0.2, 0) is 10.0 Å². The van der Waals surface area contributed by atoms with E-state index < -0.39 is 10.0 Å². The Kier molecular flexibility index (Phi) is 3.49. The highest BCUT2D eigenvalue weighted by Crippen LogP contribution is 2.42. The van der Waals surface area contributed by atoms with Crippen molar-refractivity contribution in [2.75, 3.05) is 4.72 Å². The molecule has 0 amide bonds. The van der Waals surface area contributed by atoms with Crippen molar-refractivity contribution in [3.05, 3.63) is 58.6 Å². The molecule has 0 bridgehead atoms. The van der Waals surface area contributed by atoms with Crippen LogP contribution in [0.5, 0.6) is 0 Å². The van der Waals surface area contributed by atoms with Gasteiger partial charge >= 0.3 is 0 Å². The molecule has 0 atom stereocenters. The molecule has 0 aromatic heterocycles. The quantitative estimate of drug-likeness (QED) is 0.583. The van der Waals surface area contributed by atoms with Crippen LogP contribution in [0.4, 0.5) is 17.1 Å². The number of hydrogen-bond donors (Lipinski definition) is 1. The molecule has 1 N–H and O–H groups in total. The fraction of sp³-hybridized carbons (Fsp3) is 0. The van der Waals surface area contributed by atoms with Crippen LogP contribution < -0.4 is 4.72 Å². The second-order valence-electron chi connectivity index (χ2n) is 5.21. The summed E-state index contributed by atoms with van der Waals surface area (Å²) in [5.41, 5.74) is 1.53. The summed E-state index contributed by atoms with van der Waals surface area (Å²) in [5.74, 6) is 0. The minimum absolute atomic E-state index is 0.243. The van der Waals surface area contributed by atoms with E-state index in [1.807, 2.05) is 0 Å². The summed E-state index contributed by atoms with van der Waals surface area (Å²) in [6.45, 7) is 0. The molecule has 120 valence electrons. The van der Waals surface area contributed by atoms with Gasteiger partial charge in [-0.25, -0.2) is 8.42 Å². The molecule has 0 spiro atoms. The van der Waals surface area contributed by atoms with Crippen molar-refractivity contribution in [1.29, 1.82) is 0 Å². The Balaban J connectivity index is 1.88. The van der Waals surface area contributed by atoms with Gasteiger partial charge in [0, 0.05) is 15.8 Å². The summed E-state index contributed by atoms with van der Waals surface area (Å²) in [4.78, 5) is 0.243. The molecule has 3 aromatic rings. The van der Waals surface area contributed by atoms with Crippen molar-refractivity contribution in [3.8, 4) is 0 Å². The number of nitrogens with one attached hydrogen (secondary N) is 1. The maximum absolute atomic E-state index is 12.1. The third-order valence-electron chi connectivity index (χ3n) is 3.69. The summed E-state index contributed by atoms with van der Waals surface area (Å²) < 4.78 is 26.7. The Morgan fingerprint density at radius 3 is 2.54 bits per heavy atom. The fourth-order valence-electron chi connectivity index (χ4n) is 2.62. The van der Waals surface area contributed by atoms with Gasteiger partial charge in [0.25, 0.3) is 10.0 Å². The van der Waals surface area contributed by atoms with Gasteiger partial charge in [-0.15, -0.1) is 10.2 Å². The zero-order chi connectivity index (χ0) is 16.9. The van der Waals surface area contributed by atoms with E-state index in [1.54, 1.807) is 48.5 Å². The van der Waals surface area contributed by atoms with Crippen LogP contribution in [0.25, 0.3) is 10.8 Å². The van der Waals surface area contributed by atoms with Gasteiger partial charge in [0.1, 0.15) is 5.69 Å². The molecule has 8 heteroatoms. The first-order valence-electron chi connectivity index (χ1n) is 6.91. The highest BCUT2D eigenvalue weighted by Gasteiger charge is 2.27. The van der Waals surface area contributed by atoms with Crippen LogP contribution in [0.3, 0.4) is 0 Å². The maximum atomic E-state index is 12.1. The molecule has 0 unspecified atom stereocenters. The van der Waals surface area contributed by atoms with Crippen LogP contribution in [0, 0.1) is 0 Å². The number of nitrogens with zero attached hydrogens (tertiary/aromatic N) is 2. The molecular formula is C16H9Cl2N3O2S. The summed E-state index contributed by atoms with van der Waals surface area (Å²) in [5, 5.41) is 10.6. The van der Waals surface area contributed by atoms with Gasteiger partial charge in [-0.3, -0.25) is 4.72 Å². The van der Waals surface area contributed by atoms with Crippen molar-refractivity contribution < 1.29 is 8.42 Å². The molecule has 0 saturated carbocycles. The zero-order valence-corrected chi connectivity index (χ0v) is 14.3. The van der Waals surface area contributed by atoms with Crippen molar-refractivity contribution in [2.24, 2.45) is 10.2 Å². The molecule has 0 aliphatic carbocycles. The Morgan fingerprint density at radius 2 is 1.71 bits per heavy atom. The first kappa shape index (κ1) is 15.4. The Morgan fingerprint density at radius 1 is 0.917 bits per heavy atom. The second-order valence-corrected chi connectivity index (χ2v) is 7.71. The lowest BCUT2D eigenvalue weighted by molar-refractivity contribution is 0.603. The molecular weight excluding hydrogens is 369 g/mol. The van der Waals surface area contributed by atoms with Gasteiger partial charge in [-0.2, -0.15) is 0 Å². The highest BCUT2D eigenvalue weighted by molar-refractivity contribution is 7.93. The second kappa shape index (κ2) is 5.44. The van der Waals surface area contributed by atoms with Gasteiger partial charge in [0.15, 0.2) is 0 Å². The Labute approximate surface area is 148 Å². The predicted octanol–water partition coefficient (Wildman–Crippen LogP) is 5.68. The van der Waals surface area contributed by atoms with E-state index in [0.717, 1.165) is 0 Å². The minimum Gasteiger partial charge on any atom is -0.279 e. The SMILES string of the molecule is O=S1(=O)Nc2ccc(N=Nc3cc(Cl)ccc3Cl)c3cccc1c23. The smallest absolute Gasteiger partial charge is 0.262 e. The summed E-state index contributed by atoms with van der Waals surface area (Å²) in [6.07, 6.45) is 0. The van der Waals surface area contributed by atoms with E-state index in [-0.39, 0.29) is 4.90 Å². The molecule has 1 aliphatic rings. The van der Waals surface area contributed by atoms with E-state index in [0.29, 0.717) is 37.9 Å². The number of anilines is 1. The van der Waals surface area contributed by atoms with Crippen molar-refractivity contribution in [1.82, 2.24) is 0 Å². The minimum atomic E-state index is -3.51. The van der Waals surface area contributed by atoms with E-state index in [1.165, 1.54) is 0 Å². The lowest BCUT2D eigenvalue weighted by atomic mass is 10.1. The molecule has 1 heterocycles. The largest absolute Gasteiger partial charge is 0.279 e. The van der Waals surface area contributed by atoms with Gasteiger partial charge in [0.05, 0.1) is 21.3 Å². The topological polar surface area (TPSA) is 70.9 Å². The molecule has 1 aliphatic heterocycles. The van der Waals surface area contributed by atoms with Gasteiger partial charge in [-0.1, -0.05) is 35.3 Å². The van der Waals surface area contributed by atoms with Crippen molar-refractivity contribution >= 4 is 61.1 Å². The summed E-state index contributed by atoms with van der Waals surface area (Å²) in [7, 11) is -3.51. The standard InChI is InChI=1S/C16H9Cl2N3O2S/c17-9-4-5-11(18)14(8-9)20-19-12-6-7-13-16-10(12)2-1-3-15(16)24(22,23)21-13/h1-8,21H. The number of hydrogen-bond acceptors (Lipinski definition) is 4. The van der Waals surface area contributed by atoms with E-state index in [2.05, 4.69) is 15.0 Å². The van der Waals surface area contributed by atoms with E-state index >= 15 is 0 Å². The molecule has 0 fully saturated rings. The van der Waals surface area contributed by atoms with Crippen LogP contribution in [0.2, 0.25) is 10.0 Å². The molecule has 0 saturated heterocycles. The first-order chi connectivity index (χ1) is 11.5. The number of halogens is 2. The molecule has 3 aromatic carbocycles. The van der Waals surface area contributed by atoms with E-state index in [4.69, 9.17) is 23.2 Å². The van der Waals surface area contributed by atoms with Gasteiger partial charge < -0.3 is 0 Å². The predicted molar refractivity (Wildman–Crippen MR) is 95.4 cm³/mol. The number of azo groups is 1. The number of sulfonamides is 1. The third kappa shape index (κ3) is 2.43. The van der Waals surface area contributed by atoms with Crippen LogP contribution >= 0.6 is 23.2 Å². The fourth-order valence-corrected chi connectivity index (χ4v) is 4.26. The van der Waals surface area contributed by atoms with Crippen molar-refractivity contribution in [3.63, 3.8) is 0 Å². The monoisotopic (exact) mass is 377 g/mol. The maximum Gasteiger partial charge on any atom is 0.262 e. The number of rotatable bonds is 2. The summed E-state index contributed by atoms with van der Waals surface area (Å²) in [6, 6.07) is 13.3. The number of benzene rings is 3. The van der Waals surface area contributed by atoms with Crippen molar-refractivity contribution in [2.45, 2.75) is 4.90 Å². The van der Waals surface area contributed by atoms with Crippen LogP contribution in [0.1, 0.15) is 0 Å². The van der Waals surface area contributed by atoms with Crippen LogP contribution in [-0.4, -0.2) is 8.42 Å². The van der Waals surface area contributed by atoms with Gasteiger partial charge in [-0.05, 0) is 36.4 Å². The van der Waals surface area contributed by atoms with E-state index in [9.17, 15) is 8.42 Å². The average Bonchev–Trinajstić information content (AvgIpc) is 2.82. The Bertz CT molecular complexity index is 1130. The molecule has 5 nitrogen and oxygen atoms in total. The highest BCUT2D eigenvalue weighted by atomic mass is 35.5. The first-order valence-corrected chi connectivity index (χ1v) is 9.15. The average molecular weight is 378 g/mol.